The number of hydrogen-bond acceptors (Lipinski definition) is 4. The van der Waals surface area contributed by atoms with Crippen molar-refractivity contribution in [1.82, 2.24) is 9.66 Å². The van der Waals surface area contributed by atoms with E-state index in [0.717, 1.165) is 11.1 Å². The van der Waals surface area contributed by atoms with Crippen LogP contribution in [0.5, 0.6) is 0 Å². The van der Waals surface area contributed by atoms with Crippen molar-refractivity contribution in [2.24, 2.45) is 0 Å². The Morgan fingerprint density at radius 1 is 1.31 bits per heavy atom. The molecule has 0 fully saturated rings. The zero-order chi connectivity index (χ0) is 18.8. The van der Waals surface area contributed by atoms with E-state index in [9.17, 15) is 9.00 Å². The first-order chi connectivity index (χ1) is 12.4. The van der Waals surface area contributed by atoms with Crippen LogP contribution >= 0.6 is 11.6 Å². The van der Waals surface area contributed by atoms with Gasteiger partial charge in [0.2, 0.25) is 0 Å². The van der Waals surface area contributed by atoms with Crippen molar-refractivity contribution >= 4 is 44.6 Å². The molecule has 0 saturated heterocycles. The summed E-state index contributed by atoms with van der Waals surface area (Å²) in [4.78, 5) is 17.8. The monoisotopic (exact) mass is 387 g/mol. The van der Waals surface area contributed by atoms with Crippen molar-refractivity contribution in [2.45, 2.75) is 18.7 Å². The van der Waals surface area contributed by atoms with E-state index in [0.29, 0.717) is 32.3 Å². The molecule has 1 N–H and O–H groups in total. The molecule has 5 nitrogen and oxygen atoms in total. The molecule has 0 saturated carbocycles. The molecule has 1 atom stereocenters. The summed E-state index contributed by atoms with van der Waals surface area (Å²) in [5, 5.41) is 0.955. The molecule has 134 valence electrons. The quantitative estimate of drug-likeness (QED) is 0.716. The summed E-state index contributed by atoms with van der Waals surface area (Å²) in [5.74, 6) is 0.461. The largest absolute Gasteiger partial charge is 0.289 e. The molecule has 0 aliphatic carbocycles. The summed E-state index contributed by atoms with van der Waals surface area (Å²) in [6, 6.07) is 10.5. The maximum absolute atomic E-state index is 12.9. The van der Waals surface area contributed by atoms with Crippen LogP contribution in [0.3, 0.4) is 0 Å². The van der Waals surface area contributed by atoms with Crippen LogP contribution in [-0.2, 0) is 10.8 Å². The van der Waals surface area contributed by atoms with Crippen LogP contribution in [0.2, 0.25) is 5.02 Å². The van der Waals surface area contributed by atoms with Gasteiger partial charge in [0.1, 0.15) is 6.33 Å². The van der Waals surface area contributed by atoms with Crippen molar-refractivity contribution < 1.29 is 4.21 Å². The summed E-state index contributed by atoms with van der Waals surface area (Å²) in [6.07, 6.45) is 1.41. The SMILES string of the molecule is C=C(C)c1ccc2ncn(Nc3cc(Cl)ccc3S(=O)CC)c(=O)c2c1. The van der Waals surface area contributed by atoms with Crippen LogP contribution in [0.1, 0.15) is 19.4 Å². The smallest absolute Gasteiger partial charge is 0.280 e. The predicted octanol–water partition coefficient (Wildman–Crippen LogP) is 4.09. The number of nitrogens with zero attached hydrogens (tertiary/aromatic N) is 2. The van der Waals surface area contributed by atoms with Gasteiger partial charge in [-0.15, -0.1) is 0 Å². The Hall–Kier alpha value is -2.44. The molecule has 1 aromatic heterocycles. The lowest BCUT2D eigenvalue weighted by Crippen LogP contribution is -2.27. The molecule has 0 aliphatic rings. The average molecular weight is 388 g/mol. The summed E-state index contributed by atoms with van der Waals surface area (Å²) in [7, 11) is -1.20. The molecule has 7 heteroatoms. The highest BCUT2D eigenvalue weighted by molar-refractivity contribution is 7.85. The van der Waals surface area contributed by atoms with Crippen LogP contribution in [0.15, 0.2) is 59.0 Å². The third-order valence-electron chi connectivity index (χ3n) is 3.94. The van der Waals surface area contributed by atoms with Gasteiger partial charge in [-0.1, -0.05) is 36.7 Å². The number of allylic oxidation sites excluding steroid dienone is 1. The second kappa shape index (κ2) is 7.43. The lowest BCUT2D eigenvalue weighted by molar-refractivity contribution is 0.684. The maximum atomic E-state index is 12.9. The van der Waals surface area contributed by atoms with Crippen molar-refractivity contribution in [3.8, 4) is 0 Å². The average Bonchev–Trinajstić information content (AvgIpc) is 2.63. The van der Waals surface area contributed by atoms with Crippen molar-refractivity contribution in [1.29, 1.82) is 0 Å². The Morgan fingerprint density at radius 2 is 2.08 bits per heavy atom. The number of aromatic nitrogens is 2. The molecule has 0 aliphatic heterocycles. The highest BCUT2D eigenvalue weighted by Crippen LogP contribution is 2.24. The Kier molecular flexibility index (Phi) is 5.25. The molecule has 0 radical (unpaired) electrons. The minimum atomic E-state index is -1.20. The van der Waals surface area contributed by atoms with Crippen LogP contribution in [-0.4, -0.2) is 19.6 Å². The second-order valence-electron chi connectivity index (χ2n) is 5.82. The number of nitrogens with one attached hydrogen (secondary N) is 1. The van der Waals surface area contributed by atoms with Gasteiger partial charge in [-0.25, -0.2) is 9.66 Å². The fourth-order valence-corrected chi connectivity index (χ4v) is 3.59. The maximum Gasteiger partial charge on any atom is 0.280 e. The first-order valence-corrected chi connectivity index (χ1v) is 9.72. The Bertz CT molecular complexity index is 1090. The van der Waals surface area contributed by atoms with Crippen LogP contribution in [0.4, 0.5) is 5.69 Å². The standard InChI is InChI=1S/C19H18ClN3O2S/c1-4-26(25)18-8-6-14(20)10-17(18)22-23-11-21-16-7-5-13(12(2)3)9-15(16)19(23)24/h5-11,22H,2,4H2,1,3H3. The highest BCUT2D eigenvalue weighted by atomic mass is 35.5. The van der Waals surface area contributed by atoms with Crippen LogP contribution < -0.4 is 11.0 Å². The highest BCUT2D eigenvalue weighted by Gasteiger charge is 2.12. The lowest BCUT2D eigenvalue weighted by atomic mass is 10.1. The summed E-state index contributed by atoms with van der Waals surface area (Å²) >= 11 is 6.07. The lowest BCUT2D eigenvalue weighted by Gasteiger charge is -2.14. The van der Waals surface area contributed by atoms with Gasteiger partial charge in [-0.2, -0.15) is 0 Å². The number of hydrogen-bond donors (Lipinski definition) is 1. The van der Waals surface area contributed by atoms with Gasteiger partial charge in [-0.05, 0) is 42.8 Å². The molecule has 1 unspecified atom stereocenters. The summed E-state index contributed by atoms with van der Waals surface area (Å²) in [6.45, 7) is 7.62. The van der Waals surface area contributed by atoms with Gasteiger partial charge in [0.25, 0.3) is 5.56 Å². The number of anilines is 1. The molecule has 2 aromatic carbocycles. The van der Waals surface area contributed by atoms with Crippen LogP contribution in [0.25, 0.3) is 16.5 Å². The second-order valence-corrected chi connectivity index (χ2v) is 7.96. The normalized spacial score (nSPS) is 12.1. The minimum Gasteiger partial charge on any atom is -0.289 e. The molecule has 0 spiro atoms. The van der Waals surface area contributed by atoms with Gasteiger partial charge in [0, 0.05) is 10.8 Å². The van der Waals surface area contributed by atoms with Crippen molar-refractivity contribution in [3.05, 3.63) is 70.2 Å². The molecular weight excluding hydrogens is 370 g/mol. The van der Waals surface area contributed by atoms with E-state index >= 15 is 0 Å². The number of halogens is 1. The van der Waals surface area contributed by atoms with E-state index in [4.69, 9.17) is 11.6 Å². The number of benzene rings is 2. The molecule has 3 aromatic rings. The van der Waals surface area contributed by atoms with E-state index in [1.807, 2.05) is 19.9 Å². The van der Waals surface area contributed by atoms with Gasteiger partial charge < -0.3 is 0 Å². The van der Waals surface area contributed by atoms with E-state index < -0.39 is 10.8 Å². The van der Waals surface area contributed by atoms with E-state index in [1.54, 1.807) is 30.3 Å². The molecule has 0 amide bonds. The van der Waals surface area contributed by atoms with E-state index in [-0.39, 0.29) is 5.56 Å². The van der Waals surface area contributed by atoms with Gasteiger partial charge >= 0.3 is 0 Å². The topological polar surface area (TPSA) is 64.0 Å². The summed E-state index contributed by atoms with van der Waals surface area (Å²) in [5.41, 5.74) is 5.58. The molecule has 1 heterocycles. The van der Waals surface area contributed by atoms with E-state index in [2.05, 4.69) is 17.0 Å². The number of rotatable bonds is 5. The van der Waals surface area contributed by atoms with Crippen molar-refractivity contribution in [2.75, 3.05) is 11.2 Å². The van der Waals surface area contributed by atoms with Gasteiger partial charge in [-0.3, -0.25) is 14.4 Å². The summed E-state index contributed by atoms with van der Waals surface area (Å²) < 4.78 is 13.5. The fourth-order valence-electron chi connectivity index (χ4n) is 2.54. The minimum absolute atomic E-state index is 0.258. The Balaban J connectivity index is 2.11. The van der Waals surface area contributed by atoms with Gasteiger partial charge in [0.15, 0.2) is 0 Å². The van der Waals surface area contributed by atoms with Crippen LogP contribution in [0, 0.1) is 0 Å². The predicted molar refractivity (Wildman–Crippen MR) is 108 cm³/mol. The molecule has 3 rings (SSSR count). The van der Waals surface area contributed by atoms with Crippen molar-refractivity contribution in [3.63, 3.8) is 0 Å². The van der Waals surface area contributed by atoms with Gasteiger partial charge in [0.05, 0.1) is 32.3 Å². The zero-order valence-corrected chi connectivity index (χ0v) is 16.0. The molecular formula is C19H18ClN3O2S. The Morgan fingerprint density at radius 3 is 2.77 bits per heavy atom. The van der Waals surface area contributed by atoms with E-state index in [1.165, 1.54) is 11.0 Å². The Labute approximate surface area is 158 Å². The molecule has 0 bridgehead atoms. The third kappa shape index (κ3) is 3.57. The molecule has 26 heavy (non-hydrogen) atoms. The third-order valence-corrected chi connectivity index (χ3v) is 5.55. The zero-order valence-electron chi connectivity index (χ0n) is 14.5. The fraction of sp³-hybridized carbons (Fsp3) is 0.158. The first-order valence-electron chi connectivity index (χ1n) is 8.03. The number of fused-ring (bicyclic) bond motifs is 1. The first kappa shape index (κ1) is 18.4.